The van der Waals surface area contributed by atoms with E-state index in [9.17, 15) is 26.4 Å². The molecule has 0 saturated carbocycles. The molecule has 0 spiro atoms. The third kappa shape index (κ3) is 5.41. The Labute approximate surface area is 179 Å². The molecule has 3 aromatic rings. The number of alkyl halides is 2. The molecule has 5 nitrogen and oxygen atoms in total. The molecule has 0 aliphatic heterocycles. The number of thioether (sulfide) groups is 1. The summed E-state index contributed by atoms with van der Waals surface area (Å²) in [5.74, 6) is -3.57. The molecule has 0 unspecified atom stereocenters. The van der Waals surface area contributed by atoms with Crippen molar-refractivity contribution in [3.63, 3.8) is 0 Å². The predicted octanol–water partition coefficient (Wildman–Crippen LogP) is 4.96. The molecule has 3 rings (SSSR count). The largest absolute Gasteiger partial charge is 0.341 e. The van der Waals surface area contributed by atoms with Crippen molar-refractivity contribution in [3.8, 4) is 0 Å². The molecular weight excluding hydrogens is 457 g/mol. The number of nitrogens with one attached hydrogen (secondary N) is 1. The second-order valence-corrected chi connectivity index (χ2v) is 9.75. The molecule has 158 valence electrons. The number of thiazole rings is 1. The van der Waals surface area contributed by atoms with Crippen molar-refractivity contribution in [3.05, 3.63) is 76.5 Å². The van der Waals surface area contributed by atoms with Gasteiger partial charge in [-0.2, -0.15) is 20.5 Å². The van der Waals surface area contributed by atoms with Gasteiger partial charge in [-0.15, -0.1) is 11.3 Å². The first-order valence-corrected chi connectivity index (χ1v) is 12.0. The van der Waals surface area contributed by atoms with Crippen LogP contribution < -0.4 is 5.32 Å². The van der Waals surface area contributed by atoms with Crippen LogP contribution in [0, 0.1) is 5.82 Å². The fraction of sp³-hybridized carbons (Fsp3) is 0.158. The first-order chi connectivity index (χ1) is 14.3. The van der Waals surface area contributed by atoms with E-state index < -0.39 is 26.4 Å². The second-order valence-electron chi connectivity index (χ2n) is 6.02. The van der Waals surface area contributed by atoms with E-state index in [1.165, 1.54) is 24.3 Å². The minimum Gasteiger partial charge on any atom is -0.298 e. The van der Waals surface area contributed by atoms with Gasteiger partial charge in [0.15, 0.2) is 5.13 Å². The van der Waals surface area contributed by atoms with Crippen molar-refractivity contribution in [1.29, 1.82) is 0 Å². The zero-order chi connectivity index (χ0) is 21.7. The van der Waals surface area contributed by atoms with Crippen LogP contribution in [0.15, 0.2) is 58.8 Å². The number of amides is 1. The van der Waals surface area contributed by atoms with Crippen molar-refractivity contribution < 1.29 is 26.4 Å². The molecule has 0 radical (unpaired) electrons. The number of sulfone groups is 1. The van der Waals surface area contributed by atoms with Crippen LogP contribution in [0.3, 0.4) is 0 Å². The molecule has 30 heavy (non-hydrogen) atoms. The van der Waals surface area contributed by atoms with Crippen molar-refractivity contribution >= 4 is 44.0 Å². The number of nitrogens with zero attached hydrogens (tertiary/aromatic N) is 1. The van der Waals surface area contributed by atoms with E-state index in [1.54, 1.807) is 29.3 Å². The summed E-state index contributed by atoms with van der Waals surface area (Å²) in [6, 6.07) is 11.0. The van der Waals surface area contributed by atoms with E-state index in [0.717, 1.165) is 29.0 Å². The van der Waals surface area contributed by atoms with Crippen molar-refractivity contribution in [2.24, 2.45) is 0 Å². The first kappa shape index (κ1) is 22.3. The standard InChI is InChI=1S/C19H15F3N2O3S3/c20-13-7-5-12(6-8-13)9-28-10-14-11-29-19(23-14)24-17(25)15-3-1-2-4-16(15)30(26,27)18(21)22/h1-8,11,18H,9-10H2,(H,23,24,25). The summed E-state index contributed by atoms with van der Waals surface area (Å²) in [5.41, 5.74) is 1.28. The lowest BCUT2D eigenvalue weighted by Crippen LogP contribution is -2.19. The van der Waals surface area contributed by atoms with Crippen molar-refractivity contribution in [2.75, 3.05) is 5.32 Å². The van der Waals surface area contributed by atoms with Gasteiger partial charge in [-0.05, 0) is 29.8 Å². The Hall–Kier alpha value is -2.37. The summed E-state index contributed by atoms with van der Waals surface area (Å²) in [5, 5.41) is 4.41. The highest BCUT2D eigenvalue weighted by molar-refractivity contribution is 7.97. The Balaban J connectivity index is 1.64. The van der Waals surface area contributed by atoms with Crippen LogP contribution in [0.1, 0.15) is 21.6 Å². The summed E-state index contributed by atoms with van der Waals surface area (Å²) in [6.45, 7) is 0. The highest BCUT2D eigenvalue weighted by atomic mass is 32.2. The minimum absolute atomic E-state index is 0.224. The van der Waals surface area contributed by atoms with Crippen LogP contribution in [-0.2, 0) is 21.3 Å². The van der Waals surface area contributed by atoms with Crippen LogP contribution in [0.2, 0.25) is 0 Å². The summed E-state index contributed by atoms with van der Waals surface area (Å²) < 4.78 is 62.3. The number of halogens is 3. The SMILES string of the molecule is O=C(Nc1nc(CSCc2ccc(F)cc2)cs1)c1ccccc1S(=O)(=O)C(F)F. The number of hydrogen-bond donors (Lipinski definition) is 1. The fourth-order valence-corrected chi connectivity index (χ4v) is 5.07. The molecule has 0 atom stereocenters. The number of anilines is 1. The van der Waals surface area contributed by atoms with Gasteiger partial charge in [0.2, 0.25) is 9.84 Å². The lowest BCUT2D eigenvalue weighted by atomic mass is 10.2. The first-order valence-electron chi connectivity index (χ1n) is 8.46. The van der Waals surface area contributed by atoms with Gasteiger partial charge in [0.05, 0.1) is 16.2 Å². The predicted molar refractivity (Wildman–Crippen MR) is 111 cm³/mol. The number of carbonyl (C=O) groups excluding carboxylic acids is 1. The van der Waals surface area contributed by atoms with E-state index in [-0.39, 0.29) is 16.5 Å². The van der Waals surface area contributed by atoms with E-state index >= 15 is 0 Å². The fourth-order valence-electron chi connectivity index (χ4n) is 2.45. The Morgan fingerprint density at radius 3 is 2.50 bits per heavy atom. The van der Waals surface area contributed by atoms with Crippen molar-refractivity contribution in [1.82, 2.24) is 4.98 Å². The monoisotopic (exact) mass is 472 g/mol. The van der Waals surface area contributed by atoms with Gasteiger partial charge < -0.3 is 0 Å². The highest BCUT2D eigenvalue weighted by Crippen LogP contribution is 2.25. The molecule has 0 aliphatic rings. The average molecular weight is 473 g/mol. The smallest absolute Gasteiger partial charge is 0.298 e. The molecule has 0 aliphatic carbocycles. The Kier molecular flexibility index (Phi) is 7.16. The van der Waals surface area contributed by atoms with Crippen LogP contribution in [0.4, 0.5) is 18.3 Å². The second kappa shape index (κ2) is 9.63. The maximum absolute atomic E-state index is 12.9. The summed E-state index contributed by atoms with van der Waals surface area (Å²) in [4.78, 5) is 16.0. The van der Waals surface area contributed by atoms with E-state index in [4.69, 9.17) is 0 Å². The zero-order valence-corrected chi connectivity index (χ0v) is 17.7. The molecule has 0 bridgehead atoms. The molecule has 11 heteroatoms. The van der Waals surface area contributed by atoms with Crippen LogP contribution >= 0.6 is 23.1 Å². The highest BCUT2D eigenvalue weighted by Gasteiger charge is 2.31. The van der Waals surface area contributed by atoms with Gasteiger partial charge in [-0.25, -0.2) is 17.8 Å². The summed E-state index contributed by atoms with van der Waals surface area (Å²) in [7, 11) is -4.92. The van der Waals surface area contributed by atoms with E-state index in [1.807, 2.05) is 0 Å². The van der Waals surface area contributed by atoms with Crippen LogP contribution in [0.5, 0.6) is 0 Å². The molecular formula is C19H15F3N2O3S3. The molecule has 0 saturated heterocycles. The van der Waals surface area contributed by atoms with Gasteiger partial charge in [0.1, 0.15) is 5.82 Å². The topological polar surface area (TPSA) is 76.1 Å². The zero-order valence-electron chi connectivity index (χ0n) is 15.2. The van der Waals surface area contributed by atoms with E-state index in [2.05, 4.69) is 10.3 Å². The molecule has 0 fully saturated rings. The quantitative estimate of drug-likeness (QED) is 0.501. The van der Waals surface area contributed by atoms with Gasteiger partial charge in [0.25, 0.3) is 5.91 Å². The third-order valence-electron chi connectivity index (χ3n) is 3.88. The lowest BCUT2D eigenvalue weighted by molar-refractivity contribution is 0.102. The molecule has 2 aromatic carbocycles. The number of hydrogen-bond acceptors (Lipinski definition) is 6. The Morgan fingerprint density at radius 1 is 1.10 bits per heavy atom. The lowest BCUT2D eigenvalue weighted by Gasteiger charge is -2.09. The molecule has 1 aromatic heterocycles. The van der Waals surface area contributed by atoms with Gasteiger partial charge in [-0.3, -0.25) is 10.1 Å². The third-order valence-corrected chi connectivity index (χ3v) is 7.16. The normalized spacial score (nSPS) is 11.6. The average Bonchev–Trinajstić information content (AvgIpc) is 3.16. The van der Waals surface area contributed by atoms with Crippen LogP contribution in [0.25, 0.3) is 0 Å². The maximum Gasteiger partial charge on any atom is 0.341 e. The number of rotatable bonds is 8. The molecule has 1 amide bonds. The Bertz CT molecular complexity index is 1130. The number of benzene rings is 2. The van der Waals surface area contributed by atoms with Gasteiger partial charge >= 0.3 is 5.76 Å². The minimum atomic E-state index is -4.92. The maximum atomic E-state index is 12.9. The number of aromatic nitrogens is 1. The van der Waals surface area contributed by atoms with Crippen molar-refractivity contribution in [2.45, 2.75) is 22.2 Å². The summed E-state index contributed by atoms with van der Waals surface area (Å²) in [6.07, 6.45) is 0. The number of carbonyl (C=O) groups is 1. The summed E-state index contributed by atoms with van der Waals surface area (Å²) >= 11 is 2.69. The Morgan fingerprint density at radius 2 is 1.80 bits per heavy atom. The van der Waals surface area contributed by atoms with Crippen LogP contribution in [-0.4, -0.2) is 25.1 Å². The van der Waals surface area contributed by atoms with Gasteiger partial charge in [-0.1, -0.05) is 24.3 Å². The van der Waals surface area contributed by atoms with Gasteiger partial charge in [0, 0.05) is 16.9 Å². The molecule has 1 N–H and O–H groups in total. The van der Waals surface area contributed by atoms with E-state index in [0.29, 0.717) is 17.2 Å². The molecule has 1 heterocycles.